The van der Waals surface area contributed by atoms with E-state index in [0.717, 1.165) is 11.8 Å². The highest BCUT2D eigenvalue weighted by Gasteiger charge is 2.37. The number of hydrogen-bond acceptors (Lipinski definition) is 9. The fourth-order valence-corrected chi connectivity index (χ4v) is 3.04. The van der Waals surface area contributed by atoms with Gasteiger partial charge in [0.1, 0.15) is 0 Å². The Bertz CT molecular complexity index is 930. The van der Waals surface area contributed by atoms with Crippen LogP contribution in [0.1, 0.15) is 17.9 Å². The Balaban J connectivity index is 1.85. The van der Waals surface area contributed by atoms with Gasteiger partial charge in [-0.3, -0.25) is 0 Å². The minimum atomic E-state index is -4.74. The molecule has 4 rings (SSSR count). The maximum atomic E-state index is 13.6. The number of alkyl halides is 3. The van der Waals surface area contributed by atoms with Crippen molar-refractivity contribution in [1.82, 2.24) is 24.9 Å². The summed E-state index contributed by atoms with van der Waals surface area (Å²) in [6.45, 7) is 2.88. The zero-order valence-corrected chi connectivity index (χ0v) is 15.3. The summed E-state index contributed by atoms with van der Waals surface area (Å²) in [5.41, 5.74) is 4.63. The van der Waals surface area contributed by atoms with Crippen molar-refractivity contribution in [2.45, 2.75) is 12.6 Å². The van der Waals surface area contributed by atoms with Crippen LogP contribution in [0, 0.1) is 0 Å². The van der Waals surface area contributed by atoms with E-state index in [1.54, 1.807) is 0 Å². The Labute approximate surface area is 163 Å². The first-order valence-electron chi connectivity index (χ1n) is 8.98. The summed E-state index contributed by atoms with van der Waals surface area (Å²) >= 11 is 0. The van der Waals surface area contributed by atoms with Gasteiger partial charge in [-0.05, 0) is 12.0 Å². The lowest BCUT2D eigenvalue weighted by molar-refractivity contribution is -0.140. The van der Waals surface area contributed by atoms with Crippen LogP contribution in [0.4, 0.5) is 25.1 Å². The summed E-state index contributed by atoms with van der Waals surface area (Å²) in [5, 5.41) is 0. The molecule has 0 aliphatic carbocycles. The van der Waals surface area contributed by atoms with Gasteiger partial charge in [-0.25, -0.2) is 15.0 Å². The van der Waals surface area contributed by atoms with Gasteiger partial charge >= 0.3 is 6.18 Å². The summed E-state index contributed by atoms with van der Waals surface area (Å²) in [5.74, 6) is -0.0394. The number of nitrogens with two attached hydrogens (primary N) is 1. The van der Waals surface area contributed by atoms with E-state index in [0.29, 0.717) is 51.8 Å². The van der Waals surface area contributed by atoms with Gasteiger partial charge in [0, 0.05) is 19.3 Å². The lowest BCUT2D eigenvalue weighted by Gasteiger charge is -2.27. The zero-order chi connectivity index (χ0) is 20.4. The van der Waals surface area contributed by atoms with Crippen molar-refractivity contribution in [3.8, 4) is 11.4 Å². The minimum Gasteiger partial charge on any atom is -0.378 e. The molecule has 4 heterocycles. The van der Waals surface area contributed by atoms with Gasteiger partial charge in [-0.2, -0.15) is 23.1 Å². The largest absolute Gasteiger partial charge is 0.434 e. The quantitative estimate of drug-likeness (QED) is 0.807. The molecule has 0 atom stereocenters. The van der Waals surface area contributed by atoms with E-state index in [9.17, 15) is 13.2 Å². The van der Waals surface area contributed by atoms with Crippen molar-refractivity contribution in [3.63, 3.8) is 0 Å². The van der Waals surface area contributed by atoms with Crippen LogP contribution in [0.25, 0.3) is 17.0 Å². The van der Waals surface area contributed by atoms with E-state index in [1.165, 1.54) is 0 Å². The van der Waals surface area contributed by atoms with Crippen LogP contribution in [-0.4, -0.2) is 64.4 Å². The Morgan fingerprint density at radius 1 is 0.966 bits per heavy atom. The maximum Gasteiger partial charge on any atom is 0.434 e. The predicted molar refractivity (Wildman–Crippen MR) is 96.7 cm³/mol. The molecule has 2 aromatic heterocycles. The van der Waals surface area contributed by atoms with Crippen molar-refractivity contribution >= 4 is 17.5 Å². The van der Waals surface area contributed by atoms with Crippen molar-refractivity contribution in [2.75, 3.05) is 50.2 Å². The molecule has 0 aromatic carbocycles. The Kier molecular flexibility index (Phi) is 5.28. The summed E-state index contributed by atoms with van der Waals surface area (Å²) in [7, 11) is 0. The second-order valence-electron chi connectivity index (χ2n) is 6.42. The minimum absolute atomic E-state index is 0.156. The van der Waals surface area contributed by atoms with E-state index in [1.807, 2.05) is 11.0 Å². The Morgan fingerprint density at radius 3 is 2.41 bits per heavy atom. The van der Waals surface area contributed by atoms with Gasteiger partial charge in [-0.1, -0.05) is 6.08 Å². The normalized spacial score (nSPS) is 17.9. The molecule has 12 heteroatoms. The molecule has 1 fully saturated rings. The lowest BCUT2D eigenvalue weighted by Crippen LogP contribution is -2.37. The number of hydrogen-bond donors (Lipinski definition) is 1. The smallest absolute Gasteiger partial charge is 0.378 e. The second-order valence-corrected chi connectivity index (χ2v) is 6.42. The van der Waals surface area contributed by atoms with Crippen LogP contribution in [0.5, 0.6) is 0 Å². The number of rotatable bonds is 3. The van der Waals surface area contributed by atoms with E-state index in [-0.39, 0.29) is 17.3 Å². The number of nitrogens with zero attached hydrogens (tertiary/aromatic N) is 6. The maximum absolute atomic E-state index is 13.6. The van der Waals surface area contributed by atoms with E-state index in [2.05, 4.69) is 24.9 Å². The molecule has 2 aliphatic heterocycles. The summed E-state index contributed by atoms with van der Waals surface area (Å²) < 4.78 is 51.3. The first-order chi connectivity index (χ1) is 13.9. The van der Waals surface area contributed by atoms with Crippen LogP contribution < -0.4 is 10.6 Å². The average Bonchev–Trinajstić information content (AvgIpc) is 2.74. The number of ether oxygens (including phenoxy) is 2. The third-order valence-electron chi connectivity index (χ3n) is 4.48. The van der Waals surface area contributed by atoms with E-state index < -0.39 is 17.8 Å². The number of nitrogen functional groups attached to an aromatic ring is 1. The SMILES string of the molecule is Nc1ncc(-c2nc(C3=CCOCC3)nc(N3CCOCC3)n2)c(C(F)(F)F)n1. The number of anilines is 2. The fraction of sp³-hybridized carbons (Fsp3) is 0.471. The van der Waals surface area contributed by atoms with Gasteiger partial charge < -0.3 is 20.1 Å². The van der Waals surface area contributed by atoms with Crippen LogP contribution >= 0.6 is 0 Å². The van der Waals surface area contributed by atoms with Crippen molar-refractivity contribution in [3.05, 3.63) is 23.8 Å². The van der Waals surface area contributed by atoms with Crippen LogP contribution in [0.15, 0.2) is 12.3 Å². The average molecular weight is 409 g/mol. The molecule has 29 heavy (non-hydrogen) atoms. The van der Waals surface area contributed by atoms with Crippen LogP contribution in [0.3, 0.4) is 0 Å². The zero-order valence-electron chi connectivity index (χ0n) is 15.3. The first-order valence-corrected chi connectivity index (χ1v) is 8.98. The highest BCUT2D eigenvalue weighted by Crippen LogP contribution is 2.35. The lowest BCUT2D eigenvalue weighted by atomic mass is 10.1. The number of morpholine rings is 1. The monoisotopic (exact) mass is 409 g/mol. The summed E-state index contributed by atoms with van der Waals surface area (Å²) in [6, 6.07) is 0. The molecule has 2 N–H and O–H groups in total. The molecule has 2 aliphatic rings. The molecular formula is C17H18F3N7O2. The molecule has 9 nitrogen and oxygen atoms in total. The predicted octanol–water partition coefficient (Wildman–Crippen LogP) is 1.57. The van der Waals surface area contributed by atoms with E-state index in [4.69, 9.17) is 15.2 Å². The Morgan fingerprint density at radius 2 is 1.72 bits per heavy atom. The van der Waals surface area contributed by atoms with Gasteiger partial charge in [0.2, 0.25) is 11.9 Å². The molecule has 2 aromatic rings. The molecule has 0 bridgehead atoms. The molecule has 0 amide bonds. The van der Waals surface area contributed by atoms with E-state index >= 15 is 0 Å². The van der Waals surface area contributed by atoms with Crippen LogP contribution in [0.2, 0.25) is 0 Å². The van der Waals surface area contributed by atoms with Crippen molar-refractivity contribution < 1.29 is 22.6 Å². The van der Waals surface area contributed by atoms with Gasteiger partial charge in [-0.15, -0.1) is 0 Å². The second kappa shape index (κ2) is 7.87. The Hall–Kier alpha value is -2.86. The van der Waals surface area contributed by atoms with Crippen molar-refractivity contribution in [2.24, 2.45) is 0 Å². The fourth-order valence-electron chi connectivity index (χ4n) is 3.04. The molecule has 1 saturated heterocycles. The summed E-state index contributed by atoms with van der Waals surface area (Å²) in [6.07, 6.45) is -1.38. The van der Waals surface area contributed by atoms with Crippen LogP contribution in [-0.2, 0) is 15.7 Å². The highest BCUT2D eigenvalue weighted by molar-refractivity contribution is 5.66. The molecule has 0 unspecified atom stereocenters. The van der Waals surface area contributed by atoms with Gasteiger partial charge in [0.05, 0.1) is 32.0 Å². The molecule has 0 saturated carbocycles. The topological polar surface area (TPSA) is 112 Å². The third-order valence-corrected chi connectivity index (χ3v) is 4.48. The van der Waals surface area contributed by atoms with Gasteiger partial charge in [0.25, 0.3) is 0 Å². The molecule has 0 spiro atoms. The van der Waals surface area contributed by atoms with Gasteiger partial charge in [0.15, 0.2) is 17.3 Å². The molecule has 154 valence electrons. The number of halogens is 3. The molecular weight excluding hydrogens is 391 g/mol. The highest BCUT2D eigenvalue weighted by atomic mass is 19.4. The number of aromatic nitrogens is 5. The van der Waals surface area contributed by atoms with Crippen molar-refractivity contribution in [1.29, 1.82) is 0 Å². The molecule has 0 radical (unpaired) electrons. The summed E-state index contributed by atoms with van der Waals surface area (Å²) in [4.78, 5) is 22.0. The standard InChI is InChI=1S/C17H18F3N7O2/c18-17(19,20)12-11(9-22-15(21)23-12)14-24-13(10-1-5-28-6-2-10)25-16(26-14)27-3-7-29-8-4-27/h1,9H,2-8H2,(H2,21,22,23). The first kappa shape index (κ1) is 19.5. The third kappa shape index (κ3) is 4.27.